The van der Waals surface area contributed by atoms with Crippen molar-refractivity contribution in [1.29, 1.82) is 0 Å². The molecule has 2 aromatic heterocycles. The fraction of sp³-hybridized carbons (Fsp3) is 0.294. The zero-order valence-corrected chi connectivity index (χ0v) is 25.0. The Balaban J connectivity index is 1.71. The maximum atomic E-state index is 14.0. The van der Waals surface area contributed by atoms with Gasteiger partial charge in [-0.25, -0.2) is 0 Å². The largest absolute Gasteiger partial charge is 0.383 e. The Morgan fingerprint density at radius 3 is 2.31 bits per heavy atom. The van der Waals surface area contributed by atoms with Crippen molar-refractivity contribution in [1.82, 2.24) is 24.6 Å². The smallest absolute Gasteiger partial charge is 0.247 e. The van der Waals surface area contributed by atoms with Crippen LogP contribution in [-0.2, 0) is 34.3 Å². The first kappa shape index (κ1) is 30.4. The summed E-state index contributed by atoms with van der Waals surface area (Å²) in [4.78, 5) is 35.7. The number of carbonyl (C=O) groups is 2. The predicted molar refractivity (Wildman–Crippen MR) is 165 cm³/mol. The van der Waals surface area contributed by atoms with Crippen LogP contribution in [0.15, 0.2) is 85.1 Å². The van der Waals surface area contributed by atoms with Crippen LogP contribution in [0.25, 0.3) is 17.3 Å². The molecule has 0 radical (unpaired) electrons. The van der Waals surface area contributed by atoms with Crippen LogP contribution in [-0.4, -0.2) is 69.7 Å². The van der Waals surface area contributed by atoms with Gasteiger partial charge in [-0.2, -0.15) is 5.10 Å². The number of hydrogen-bond donors (Lipinski definition) is 0. The van der Waals surface area contributed by atoms with Crippen molar-refractivity contribution in [3.8, 4) is 11.3 Å². The molecule has 2 aromatic carbocycles. The topological polar surface area (TPSA) is 80.6 Å². The molecular weight excluding hydrogens is 526 g/mol. The number of methoxy groups -OCH3 is 1. The van der Waals surface area contributed by atoms with E-state index in [0.29, 0.717) is 19.6 Å². The molecule has 218 valence electrons. The number of hydrogen-bond acceptors (Lipinski definition) is 5. The Morgan fingerprint density at radius 1 is 0.976 bits per heavy atom. The van der Waals surface area contributed by atoms with Gasteiger partial charge in [0.15, 0.2) is 0 Å². The molecule has 0 bridgehead atoms. The van der Waals surface area contributed by atoms with E-state index >= 15 is 0 Å². The molecule has 0 aliphatic heterocycles. The molecule has 0 saturated carbocycles. The third-order valence-electron chi connectivity index (χ3n) is 7.45. The lowest BCUT2D eigenvalue weighted by molar-refractivity contribution is -0.143. The van der Waals surface area contributed by atoms with Gasteiger partial charge in [0.2, 0.25) is 11.8 Å². The molecule has 0 unspecified atom stereocenters. The average molecular weight is 566 g/mol. The second kappa shape index (κ2) is 14.4. The first-order chi connectivity index (χ1) is 20.3. The summed E-state index contributed by atoms with van der Waals surface area (Å²) < 4.78 is 7.02. The van der Waals surface area contributed by atoms with E-state index in [1.165, 1.54) is 0 Å². The number of nitrogens with zero attached hydrogens (tertiary/aromatic N) is 5. The van der Waals surface area contributed by atoms with E-state index in [1.54, 1.807) is 47.0 Å². The minimum atomic E-state index is -0.724. The Bertz CT molecular complexity index is 1500. The Hall–Kier alpha value is -4.56. The van der Waals surface area contributed by atoms with Crippen molar-refractivity contribution in [3.63, 3.8) is 0 Å². The summed E-state index contributed by atoms with van der Waals surface area (Å²) in [6, 6.07) is 22.8. The standard InChI is InChI=1S/C34H39N5O3/c1-25-30(26(2)38(4)36-25)18-19-33(40)39(24-28-14-16-29(17-15-28)31-13-9-10-20-35-31)32(23-27-11-7-6-8-12-27)34(41)37(3)21-22-42-5/h6-20,32H,21-24H2,1-5H3/b19-18+/t32-/m0/s1. The minimum absolute atomic E-state index is 0.142. The van der Waals surface area contributed by atoms with Crippen LogP contribution >= 0.6 is 0 Å². The van der Waals surface area contributed by atoms with E-state index in [1.807, 2.05) is 93.7 Å². The first-order valence-electron chi connectivity index (χ1n) is 14.1. The van der Waals surface area contributed by atoms with E-state index in [2.05, 4.69) is 10.1 Å². The number of aromatic nitrogens is 3. The van der Waals surface area contributed by atoms with Gasteiger partial charge in [0.1, 0.15) is 6.04 Å². The second-order valence-corrected chi connectivity index (χ2v) is 10.4. The fourth-order valence-corrected chi connectivity index (χ4v) is 4.90. The monoisotopic (exact) mass is 565 g/mol. The predicted octanol–water partition coefficient (Wildman–Crippen LogP) is 4.86. The summed E-state index contributed by atoms with van der Waals surface area (Å²) in [5, 5.41) is 4.47. The molecule has 4 rings (SSSR count). The van der Waals surface area contributed by atoms with Crippen LogP contribution in [0.1, 0.15) is 28.1 Å². The number of amides is 2. The molecule has 0 aliphatic carbocycles. The molecule has 8 nitrogen and oxygen atoms in total. The van der Waals surface area contributed by atoms with Gasteiger partial charge < -0.3 is 14.5 Å². The third kappa shape index (κ3) is 7.59. The van der Waals surface area contributed by atoms with Crippen LogP contribution in [0.2, 0.25) is 0 Å². The van der Waals surface area contributed by atoms with Crippen molar-refractivity contribution in [2.24, 2.45) is 7.05 Å². The number of likely N-dealkylation sites (N-methyl/N-ethyl adjacent to an activating group) is 1. The summed E-state index contributed by atoms with van der Waals surface area (Å²) in [5.74, 6) is -0.391. The van der Waals surface area contributed by atoms with Gasteiger partial charge in [-0.05, 0) is 43.2 Å². The van der Waals surface area contributed by atoms with E-state index < -0.39 is 6.04 Å². The fourth-order valence-electron chi connectivity index (χ4n) is 4.90. The maximum absolute atomic E-state index is 14.0. The molecule has 0 aliphatic rings. The molecule has 0 N–H and O–H groups in total. The second-order valence-electron chi connectivity index (χ2n) is 10.4. The number of aryl methyl sites for hydroxylation is 2. The van der Waals surface area contributed by atoms with E-state index in [9.17, 15) is 9.59 Å². The summed E-state index contributed by atoms with van der Waals surface area (Å²) in [7, 11) is 5.24. The van der Waals surface area contributed by atoms with Gasteiger partial charge in [-0.15, -0.1) is 0 Å². The van der Waals surface area contributed by atoms with Gasteiger partial charge >= 0.3 is 0 Å². The van der Waals surface area contributed by atoms with Crippen molar-refractivity contribution in [2.75, 3.05) is 27.3 Å². The van der Waals surface area contributed by atoms with Gasteiger partial charge in [-0.1, -0.05) is 60.7 Å². The highest BCUT2D eigenvalue weighted by Gasteiger charge is 2.31. The summed E-state index contributed by atoms with van der Waals surface area (Å²) in [5.41, 5.74) is 6.44. The summed E-state index contributed by atoms with van der Waals surface area (Å²) in [6.07, 6.45) is 5.50. The quantitative estimate of drug-likeness (QED) is 0.229. The molecule has 4 aromatic rings. The van der Waals surface area contributed by atoms with Gasteiger partial charge in [-0.3, -0.25) is 19.3 Å². The highest BCUT2D eigenvalue weighted by atomic mass is 16.5. The number of rotatable bonds is 12. The van der Waals surface area contributed by atoms with Crippen LogP contribution in [0, 0.1) is 13.8 Å². The molecule has 42 heavy (non-hydrogen) atoms. The molecule has 0 fully saturated rings. The molecule has 2 heterocycles. The van der Waals surface area contributed by atoms with Crippen molar-refractivity contribution < 1.29 is 14.3 Å². The molecule has 0 spiro atoms. The van der Waals surface area contributed by atoms with Gasteiger partial charge in [0.25, 0.3) is 0 Å². The van der Waals surface area contributed by atoms with Crippen molar-refractivity contribution in [3.05, 3.63) is 113 Å². The Labute approximate surface area is 248 Å². The summed E-state index contributed by atoms with van der Waals surface area (Å²) >= 11 is 0. The van der Waals surface area contributed by atoms with E-state index in [-0.39, 0.29) is 18.4 Å². The zero-order valence-electron chi connectivity index (χ0n) is 25.0. The van der Waals surface area contributed by atoms with Gasteiger partial charge in [0, 0.05) is 69.8 Å². The molecular formula is C34H39N5O3. The first-order valence-corrected chi connectivity index (χ1v) is 14.1. The summed E-state index contributed by atoms with van der Waals surface area (Å²) in [6.45, 7) is 4.98. The van der Waals surface area contributed by atoms with Crippen LogP contribution in [0.4, 0.5) is 0 Å². The number of carbonyl (C=O) groups excluding carboxylic acids is 2. The number of benzene rings is 2. The van der Waals surface area contributed by atoms with Crippen molar-refractivity contribution >= 4 is 17.9 Å². The lowest BCUT2D eigenvalue weighted by Crippen LogP contribution is -2.51. The van der Waals surface area contributed by atoms with Crippen LogP contribution in [0.5, 0.6) is 0 Å². The van der Waals surface area contributed by atoms with Gasteiger partial charge in [0.05, 0.1) is 18.0 Å². The number of pyridine rings is 1. The van der Waals surface area contributed by atoms with Crippen molar-refractivity contribution in [2.45, 2.75) is 32.9 Å². The highest BCUT2D eigenvalue weighted by molar-refractivity contribution is 5.96. The molecule has 1 atom stereocenters. The highest BCUT2D eigenvalue weighted by Crippen LogP contribution is 2.21. The van der Waals surface area contributed by atoms with Crippen LogP contribution in [0.3, 0.4) is 0 Å². The molecule has 8 heteroatoms. The lowest BCUT2D eigenvalue weighted by Gasteiger charge is -2.33. The molecule has 0 saturated heterocycles. The average Bonchev–Trinajstić information content (AvgIpc) is 3.26. The third-order valence-corrected chi connectivity index (χ3v) is 7.45. The number of ether oxygens (including phenoxy) is 1. The maximum Gasteiger partial charge on any atom is 0.247 e. The van der Waals surface area contributed by atoms with Crippen LogP contribution < -0.4 is 0 Å². The molecule has 2 amide bonds. The SMILES string of the molecule is COCCN(C)C(=O)[C@H](Cc1ccccc1)N(Cc1ccc(-c2ccccn2)cc1)C(=O)/C=C/c1c(C)nn(C)c1C. The normalized spacial score (nSPS) is 11.9. The zero-order chi connectivity index (χ0) is 30.1. The van der Waals surface area contributed by atoms with E-state index in [0.717, 1.165) is 39.3 Å². The van der Waals surface area contributed by atoms with E-state index in [4.69, 9.17) is 4.74 Å². The minimum Gasteiger partial charge on any atom is -0.383 e. The Kier molecular flexibility index (Phi) is 10.4. The Morgan fingerprint density at radius 2 is 1.69 bits per heavy atom. The lowest BCUT2D eigenvalue weighted by atomic mass is 10.0.